The number of hydrogen-bond acceptors (Lipinski definition) is 6. The van der Waals surface area contributed by atoms with Gasteiger partial charge in [0, 0.05) is 17.8 Å². The molecular weight excluding hydrogens is 278 g/mol. The first-order valence-electron chi connectivity index (χ1n) is 6.32. The van der Waals surface area contributed by atoms with E-state index in [4.69, 9.17) is 16.2 Å². The predicted octanol–water partition coefficient (Wildman–Crippen LogP) is 0.774. The fourth-order valence-electron chi connectivity index (χ4n) is 1.84. The monoisotopic (exact) mass is 295 g/mol. The molecule has 0 radical (unpaired) electrons. The fraction of sp³-hybridized carbons (Fsp3) is 0.385. The first kappa shape index (κ1) is 16.4. The number of nitro benzene ring substituents is 1. The van der Waals surface area contributed by atoms with E-state index in [1.54, 1.807) is 6.92 Å². The van der Waals surface area contributed by atoms with E-state index >= 15 is 0 Å². The van der Waals surface area contributed by atoms with Gasteiger partial charge in [0.1, 0.15) is 0 Å². The third kappa shape index (κ3) is 4.75. The van der Waals surface area contributed by atoms with E-state index in [9.17, 15) is 19.7 Å². The second-order valence-corrected chi connectivity index (χ2v) is 4.45. The van der Waals surface area contributed by atoms with Gasteiger partial charge < -0.3 is 16.2 Å². The van der Waals surface area contributed by atoms with Crippen molar-refractivity contribution in [2.45, 2.75) is 19.8 Å². The van der Waals surface area contributed by atoms with Crippen LogP contribution in [0.2, 0.25) is 0 Å². The van der Waals surface area contributed by atoms with E-state index in [1.165, 1.54) is 18.2 Å². The molecule has 1 rings (SSSR count). The first-order chi connectivity index (χ1) is 9.85. The van der Waals surface area contributed by atoms with Gasteiger partial charge in [-0.2, -0.15) is 0 Å². The Bertz CT molecular complexity index is 559. The molecule has 1 atom stereocenters. The van der Waals surface area contributed by atoms with Gasteiger partial charge in [-0.1, -0.05) is 0 Å². The number of nitrogens with two attached hydrogens (primary N) is 2. The van der Waals surface area contributed by atoms with Gasteiger partial charge in [-0.3, -0.25) is 19.7 Å². The zero-order chi connectivity index (χ0) is 16.0. The first-order valence-corrected chi connectivity index (χ1v) is 6.32. The van der Waals surface area contributed by atoms with Crippen LogP contribution in [0.15, 0.2) is 18.2 Å². The van der Waals surface area contributed by atoms with Gasteiger partial charge >= 0.3 is 5.97 Å². The second-order valence-electron chi connectivity index (χ2n) is 4.45. The standard InChI is InChI=1S/C13H17N3O5/c1-2-21-12(17)7-9(13(15)18)5-8-6-10(16(19)20)3-4-11(8)14/h3-4,6,9H,2,5,7,14H2,1H3,(H2,15,18). The molecular formula is C13H17N3O5. The van der Waals surface area contributed by atoms with Crippen molar-refractivity contribution in [3.8, 4) is 0 Å². The van der Waals surface area contributed by atoms with Gasteiger partial charge in [0.05, 0.1) is 23.9 Å². The van der Waals surface area contributed by atoms with Crippen LogP contribution < -0.4 is 11.5 Å². The quantitative estimate of drug-likeness (QED) is 0.330. The minimum Gasteiger partial charge on any atom is -0.466 e. The van der Waals surface area contributed by atoms with Crippen LogP contribution in [0.25, 0.3) is 0 Å². The van der Waals surface area contributed by atoms with E-state index < -0.39 is 22.7 Å². The number of carbonyl (C=O) groups is 2. The number of nitro groups is 1. The lowest BCUT2D eigenvalue weighted by molar-refractivity contribution is -0.384. The summed E-state index contributed by atoms with van der Waals surface area (Å²) in [7, 11) is 0. The van der Waals surface area contributed by atoms with Crippen molar-refractivity contribution in [1.82, 2.24) is 0 Å². The number of ether oxygens (including phenoxy) is 1. The van der Waals surface area contributed by atoms with E-state index in [-0.39, 0.29) is 25.1 Å². The van der Waals surface area contributed by atoms with Gasteiger partial charge in [0.15, 0.2) is 0 Å². The molecule has 1 aromatic rings. The molecule has 21 heavy (non-hydrogen) atoms. The summed E-state index contributed by atoms with van der Waals surface area (Å²) in [6.45, 7) is 1.85. The fourth-order valence-corrected chi connectivity index (χ4v) is 1.84. The van der Waals surface area contributed by atoms with E-state index in [0.717, 1.165) is 0 Å². The summed E-state index contributed by atoms with van der Waals surface area (Å²) in [6.07, 6.45) is -0.146. The summed E-state index contributed by atoms with van der Waals surface area (Å²) >= 11 is 0. The number of nitrogens with zero attached hydrogens (tertiary/aromatic N) is 1. The molecule has 0 bridgehead atoms. The Hall–Kier alpha value is -2.64. The molecule has 0 saturated carbocycles. The second kappa shape index (κ2) is 7.22. The largest absolute Gasteiger partial charge is 0.466 e. The average Bonchev–Trinajstić information content (AvgIpc) is 2.40. The Kier molecular flexibility index (Phi) is 5.65. The van der Waals surface area contributed by atoms with Gasteiger partial charge in [-0.05, 0) is 25.0 Å². The highest BCUT2D eigenvalue weighted by atomic mass is 16.6. The molecule has 114 valence electrons. The number of amides is 1. The number of carbonyl (C=O) groups excluding carboxylic acids is 2. The van der Waals surface area contributed by atoms with Gasteiger partial charge in [0.2, 0.25) is 5.91 Å². The molecule has 1 aromatic carbocycles. The summed E-state index contributed by atoms with van der Waals surface area (Å²) in [4.78, 5) is 33.0. The smallest absolute Gasteiger partial charge is 0.306 e. The molecule has 0 spiro atoms. The van der Waals surface area contributed by atoms with Crippen LogP contribution in [-0.4, -0.2) is 23.4 Å². The third-order valence-electron chi connectivity index (χ3n) is 2.92. The lowest BCUT2D eigenvalue weighted by Crippen LogP contribution is -2.28. The highest BCUT2D eigenvalue weighted by molar-refractivity contribution is 5.83. The number of benzene rings is 1. The molecule has 0 aliphatic carbocycles. The average molecular weight is 295 g/mol. The molecule has 0 aromatic heterocycles. The van der Waals surface area contributed by atoms with Crippen molar-refractivity contribution >= 4 is 23.3 Å². The maximum Gasteiger partial charge on any atom is 0.306 e. The zero-order valence-corrected chi connectivity index (χ0v) is 11.6. The highest BCUT2D eigenvalue weighted by Gasteiger charge is 2.22. The molecule has 1 amide bonds. The molecule has 1 unspecified atom stereocenters. The maximum absolute atomic E-state index is 11.4. The number of non-ortho nitro benzene ring substituents is 1. The molecule has 0 fully saturated rings. The number of anilines is 1. The Morgan fingerprint density at radius 3 is 2.62 bits per heavy atom. The van der Waals surface area contributed by atoms with Crippen LogP contribution in [0.5, 0.6) is 0 Å². The number of rotatable bonds is 7. The SMILES string of the molecule is CCOC(=O)CC(Cc1cc([N+](=O)[O-])ccc1N)C(N)=O. The summed E-state index contributed by atoms with van der Waals surface area (Å²) < 4.78 is 4.77. The van der Waals surface area contributed by atoms with Crippen LogP contribution >= 0.6 is 0 Å². The highest BCUT2D eigenvalue weighted by Crippen LogP contribution is 2.23. The maximum atomic E-state index is 11.4. The minimum absolute atomic E-state index is 0.0433. The summed E-state index contributed by atoms with van der Waals surface area (Å²) in [6, 6.07) is 3.93. The molecule has 8 nitrogen and oxygen atoms in total. The van der Waals surface area contributed by atoms with Gasteiger partial charge in [-0.25, -0.2) is 0 Å². The molecule has 8 heteroatoms. The summed E-state index contributed by atoms with van der Waals surface area (Å²) in [5, 5.41) is 10.7. The van der Waals surface area contributed by atoms with Crippen LogP contribution in [0.1, 0.15) is 18.9 Å². The Morgan fingerprint density at radius 1 is 1.43 bits per heavy atom. The van der Waals surface area contributed by atoms with Crippen molar-refractivity contribution in [3.63, 3.8) is 0 Å². The summed E-state index contributed by atoms with van der Waals surface area (Å²) in [5.41, 5.74) is 11.6. The molecule has 0 heterocycles. The van der Waals surface area contributed by atoms with Crippen LogP contribution in [0.3, 0.4) is 0 Å². The van der Waals surface area contributed by atoms with Crippen molar-refractivity contribution in [3.05, 3.63) is 33.9 Å². The minimum atomic E-state index is -0.826. The molecule has 0 aliphatic heterocycles. The van der Waals surface area contributed by atoms with Crippen molar-refractivity contribution in [2.24, 2.45) is 11.7 Å². The third-order valence-corrected chi connectivity index (χ3v) is 2.92. The van der Waals surface area contributed by atoms with Gasteiger partial charge in [0.25, 0.3) is 5.69 Å². The normalized spacial score (nSPS) is 11.7. The molecule has 0 saturated heterocycles. The Labute approximate surface area is 121 Å². The Balaban J connectivity index is 2.93. The lowest BCUT2D eigenvalue weighted by Gasteiger charge is -2.14. The predicted molar refractivity (Wildman–Crippen MR) is 75.1 cm³/mol. The number of esters is 1. The van der Waals surface area contributed by atoms with Crippen molar-refractivity contribution < 1.29 is 19.2 Å². The number of hydrogen-bond donors (Lipinski definition) is 2. The van der Waals surface area contributed by atoms with Crippen LogP contribution in [0.4, 0.5) is 11.4 Å². The van der Waals surface area contributed by atoms with Crippen LogP contribution in [0, 0.1) is 16.0 Å². The number of primary amides is 1. The van der Waals surface area contributed by atoms with Crippen molar-refractivity contribution in [1.29, 1.82) is 0 Å². The van der Waals surface area contributed by atoms with Crippen LogP contribution in [-0.2, 0) is 20.7 Å². The lowest BCUT2D eigenvalue weighted by atomic mass is 9.94. The van der Waals surface area contributed by atoms with E-state index in [0.29, 0.717) is 11.3 Å². The molecule has 4 N–H and O–H groups in total. The Morgan fingerprint density at radius 2 is 2.10 bits per heavy atom. The van der Waals surface area contributed by atoms with Crippen molar-refractivity contribution in [2.75, 3.05) is 12.3 Å². The van der Waals surface area contributed by atoms with E-state index in [2.05, 4.69) is 0 Å². The van der Waals surface area contributed by atoms with Gasteiger partial charge in [-0.15, -0.1) is 0 Å². The summed E-state index contributed by atoms with van der Waals surface area (Å²) in [5.74, 6) is -2.06. The van der Waals surface area contributed by atoms with E-state index in [1.807, 2.05) is 0 Å². The molecule has 0 aliphatic rings. The topological polar surface area (TPSA) is 139 Å². The zero-order valence-electron chi connectivity index (χ0n) is 11.6. The number of nitrogen functional groups attached to an aromatic ring is 1.